The van der Waals surface area contributed by atoms with Crippen LogP contribution in [0.25, 0.3) is 10.6 Å². The van der Waals surface area contributed by atoms with E-state index >= 15 is 0 Å². The van der Waals surface area contributed by atoms with E-state index in [1.54, 1.807) is 0 Å². The SMILES string of the molecule is CCOc1cc(-c2nc(Br)ns2)cc(OCC)c1OCC. The summed E-state index contributed by atoms with van der Waals surface area (Å²) in [5.41, 5.74) is 0.897. The van der Waals surface area contributed by atoms with E-state index in [4.69, 9.17) is 14.2 Å². The molecule has 1 heterocycles. The molecule has 2 rings (SSSR count). The van der Waals surface area contributed by atoms with Crippen molar-refractivity contribution in [3.63, 3.8) is 0 Å². The van der Waals surface area contributed by atoms with Gasteiger partial charge in [0.1, 0.15) is 5.01 Å². The monoisotopic (exact) mass is 372 g/mol. The second-order valence-corrected chi connectivity index (χ2v) is 5.43. The lowest BCUT2D eigenvalue weighted by molar-refractivity contribution is 0.261. The van der Waals surface area contributed by atoms with Crippen LogP contribution in [-0.4, -0.2) is 29.2 Å². The molecule has 0 spiro atoms. The summed E-state index contributed by atoms with van der Waals surface area (Å²) in [6.07, 6.45) is 0. The van der Waals surface area contributed by atoms with E-state index in [9.17, 15) is 0 Å². The van der Waals surface area contributed by atoms with Crippen LogP contribution in [0.3, 0.4) is 0 Å². The molecule has 114 valence electrons. The molecule has 0 N–H and O–H groups in total. The van der Waals surface area contributed by atoms with Crippen molar-refractivity contribution in [2.24, 2.45) is 0 Å². The molecular formula is C14H17BrN2O3S. The summed E-state index contributed by atoms with van der Waals surface area (Å²) < 4.78 is 21.8. The van der Waals surface area contributed by atoms with Gasteiger partial charge in [-0.15, -0.1) is 0 Å². The first kappa shape index (κ1) is 16.0. The van der Waals surface area contributed by atoms with E-state index in [-0.39, 0.29) is 0 Å². The fraction of sp³-hybridized carbons (Fsp3) is 0.429. The minimum absolute atomic E-state index is 0.545. The molecule has 21 heavy (non-hydrogen) atoms. The Balaban J connectivity index is 2.51. The number of ether oxygens (including phenoxy) is 3. The van der Waals surface area contributed by atoms with Crippen LogP contribution in [0, 0.1) is 0 Å². The number of halogens is 1. The predicted octanol–water partition coefficient (Wildman–Crippen LogP) is 4.16. The topological polar surface area (TPSA) is 53.5 Å². The van der Waals surface area contributed by atoms with Gasteiger partial charge in [-0.3, -0.25) is 0 Å². The third-order valence-electron chi connectivity index (χ3n) is 2.56. The number of nitrogens with zero attached hydrogens (tertiary/aromatic N) is 2. The number of rotatable bonds is 7. The number of benzene rings is 1. The Bertz CT molecular complexity index is 577. The highest BCUT2D eigenvalue weighted by atomic mass is 79.9. The molecule has 0 bridgehead atoms. The highest BCUT2D eigenvalue weighted by molar-refractivity contribution is 9.10. The van der Waals surface area contributed by atoms with E-state index in [0.29, 0.717) is 41.8 Å². The molecule has 7 heteroatoms. The lowest BCUT2D eigenvalue weighted by Crippen LogP contribution is -2.02. The van der Waals surface area contributed by atoms with Crippen LogP contribution in [0.1, 0.15) is 20.8 Å². The Morgan fingerprint density at radius 1 is 1.00 bits per heavy atom. The van der Waals surface area contributed by atoms with Crippen LogP contribution in [0.4, 0.5) is 0 Å². The van der Waals surface area contributed by atoms with Crippen LogP contribution >= 0.6 is 27.5 Å². The molecule has 1 aromatic heterocycles. The van der Waals surface area contributed by atoms with Crippen molar-refractivity contribution >= 4 is 27.5 Å². The highest BCUT2D eigenvalue weighted by Crippen LogP contribution is 2.42. The van der Waals surface area contributed by atoms with Crippen molar-refractivity contribution in [3.8, 4) is 27.8 Å². The summed E-state index contributed by atoms with van der Waals surface area (Å²) in [7, 11) is 0. The summed E-state index contributed by atoms with van der Waals surface area (Å²) in [6, 6.07) is 3.81. The van der Waals surface area contributed by atoms with Crippen LogP contribution < -0.4 is 14.2 Å². The smallest absolute Gasteiger partial charge is 0.209 e. The Labute approximate surface area is 136 Å². The maximum absolute atomic E-state index is 5.69. The van der Waals surface area contributed by atoms with Gasteiger partial charge >= 0.3 is 0 Å². The summed E-state index contributed by atoms with van der Waals surface area (Å²) >= 11 is 4.58. The first-order valence-corrected chi connectivity index (χ1v) is 8.32. The quantitative estimate of drug-likeness (QED) is 0.729. The van der Waals surface area contributed by atoms with Gasteiger partial charge in [0.15, 0.2) is 11.5 Å². The van der Waals surface area contributed by atoms with Crippen molar-refractivity contribution in [1.82, 2.24) is 9.36 Å². The third kappa shape index (κ3) is 3.85. The molecule has 0 radical (unpaired) electrons. The van der Waals surface area contributed by atoms with Crippen molar-refractivity contribution in [2.45, 2.75) is 20.8 Å². The van der Waals surface area contributed by atoms with Gasteiger partial charge in [0.05, 0.1) is 19.8 Å². The zero-order valence-electron chi connectivity index (χ0n) is 12.2. The van der Waals surface area contributed by atoms with E-state index in [1.165, 1.54) is 11.5 Å². The van der Waals surface area contributed by atoms with Crippen molar-refractivity contribution in [3.05, 3.63) is 16.9 Å². The number of hydrogen-bond acceptors (Lipinski definition) is 6. The van der Waals surface area contributed by atoms with Gasteiger partial charge in [-0.2, -0.15) is 4.37 Å². The zero-order valence-corrected chi connectivity index (χ0v) is 14.6. The van der Waals surface area contributed by atoms with E-state index in [0.717, 1.165) is 10.6 Å². The van der Waals surface area contributed by atoms with Crippen molar-refractivity contribution in [2.75, 3.05) is 19.8 Å². The minimum Gasteiger partial charge on any atom is -0.490 e. The lowest BCUT2D eigenvalue weighted by Gasteiger charge is -2.16. The summed E-state index contributed by atoms with van der Waals surface area (Å²) in [5, 5.41) is 0.798. The summed E-state index contributed by atoms with van der Waals surface area (Å²) in [5.74, 6) is 1.95. The fourth-order valence-electron chi connectivity index (χ4n) is 1.83. The standard InChI is InChI=1S/C14H17BrN2O3S/c1-4-18-10-7-9(13-16-14(15)17-21-13)8-11(19-5-2)12(10)20-6-3/h7-8H,4-6H2,1-3H3. The van der Waals surface area contributed by atoms with Crippen LogP contribution in [0.15, 0.2) is 16.9 Å². The average molecular weight is 373 g/mol. The maximum Gasteiger partial charge on any atom is 0.209 e. The number of aromatic nitrogens is 2. The molecule has 2 aromatic rings. The molecule has 0 saturated carbocycles. The van der Waals surface area contributed by atoms with Gasteiger partial charge in [-0.05, 0) is 60.4 Å². The Morgan fingerprint density at radius 3 is 2.00 bits per heavy atom. The van der Waals surface area contributed by atoms with Crippen LogP contribution in [0.5, 0.6) is 17.2 Å². The maximum atomic E-state index is 5.69. The van der Waals surface area contributed by atoms with Gasteiger partial charge in [0.2, 0.25) is 10.5 Å². The number of hydrogen-bond donors (Lipinski definition) is 0. The Kier molecular flexibility index (Phi) is 5.81. The van der Waals surface area contributed by atoms with Crippen LogP contribution in [-0.2, 0) is 0 Å². The average Bonchev–Trinajstić information content (AvgIpc) is 2.89. The van der Waals surface area contributed by atoms with E-state index in [2.05, 4.69) is 25.3 Å². The molecule has 0 unspecified atom stereocenters. The molecule has 0 aliphatic carbocycles. The minimum atomic E-state index is 0.545. The normalized spacial score (nSPS) is 10.5. The summed E-state index contributed by atoms with van der Waals surface area (Å²) in [6.45, 7) is 7.45. The first-order valence-electron chi connectivity index (χ1n) is 6.75. The van der Waals surface area contributed by atoms with Gasteiger partial charge in [-0.1, -0.05) is 0 Å². The van der Waals surface area contributed by atoms with Gasteiger partial charge in [0.25, 0.3) is 0 Å². The zero-order chi connectivity index (χ0) is 15.2. The molecule has 1 aromatic carbocycles. The third-order valence-corrected chi connectivity index (χ3v) is 3.91. The first-order chi connectivity index (χ1) is 10.2. The Morgan fingerprint density at radius 2 is 1.57 bits per heavy atom. The molecule has 0 fully saturated rings. The van der Waals surface area contributed by atoms with Gasteiger partial charge < -0.3 is 14.2 Å². The van der Waals surface area contributed by atoms with Crippen molar-refractivity contribution < 1.29 is 14.2 Å². The largest absolute Gasteiger partial charge is 0.490 e. The highest BCUT2D eigenvalue weighted by Gasteiger charge is 2.17. The fourth-order valence-corrected chi connectivity index (χ4v) is 2.90. The van der Waals surface area contributed by atoms with Crippen molar-refractivity contribution in [1.29, 1.82) is 0 Å². The second-order valence-electron chi connectivity index (χ2n) is 3.97. The van der Waals surface area contributed by atoms with Crippen LogP contribution in [0.2, 0.25) is 0 Å². The molecule has 0 saturated heterocycles. The molecule has 0 aliphatic rings. The summed E-state index contributed by atoms with van der Waals surface area (Å²) in [4.78, 5) is 4.33. The molecule has 0 amide bonds. The molecular weight excluding hydrogens is 356 g/mol. The lowest BCUT2D eigenvalue weighted by atomic mass is 10.2. The molecule has 5 nitrogen and oxygen atoms in total. The van der Waals surface area contributed by atoms with E-state index < -0.39 is 0 Å². The predicted molar refractivity (Wildman–Crippen MR) is 86.6 cm³/mol. The molecule has 0 aliphatic heterocycles. The second kappa shape index (κ2) is 7.61. The van der Waals surface area contributed by atoms with Gasteiger partial charge in [-0.25, -0.2) is 4.98 Å². The van der Waals surface area contributed by atoms with E-state index in [1.807, 2.05) is 32.9 Å². The molecule has 0 atom stereocenters. The Hall–Kier alpha value is -1.34. The van der Waals surface area contributed by atoms with Gasteiger partial charge in [0, 0.05) is 5.56 Å².